The average molecular weight is 479 g/mol. The summed E-state index contributed by atoms with van der Waals surface area (Å²) in [5, 5.41) is 0.648. The lowest BCUT2D eigenvalue weighted by Crippen LogP contribution is -2.30. The van der Waals surface area contributed by atoms with Crippen LogP contribution in [0.15, 0.2) is 41.2 Å². The number of carbonyl (C=O) groups excluding carboxylic acids is 1. The number of hydrogen-bond acceptors (Lipinski definition) is 3. The number of aromatic nitrogens is 1. The Hall–Kier alpha value is -2.78. The molecule has 0 aliphatic rings. The van der Waals surface area contributed by atoms with Gasteiger partial charge in [0.15, 0.2) is 0 Å². The number of pyridine rings is 1. The molecule has 4 nitrogen and oxygen atoms in total. The molecule has 0 amide bonds. The number of ether oxygens (including phenoxy) is 1. The molecule has 0 aliphatic carbocycles. The maximum Gasteiger partial charge on any atom is 0.344 e. The van der Waals surface area contributed by atoms with Gasteiger partial charge in [-0.1, -0.05) is 46.8 Å². The number of esters is 1. The summed E-state index contributed by atoms with van der Waals surface area (Å²) in [7, 11) is 1.16. The van der Waals surface area contributed by atoms with Crippen LogP contribution < -0.4 is 5.56 Å². The van der Waals surface area contributed by atoms with Crippen LogP contribution in [0.2, 0.25) is 15.1 Å². The van der Waals surface area contributed by atoms with Crippen LogP contribution in [0.3, 0.4) is 0 Å². The Bertz CT molecular complexity index is 1320. The summed E-state index contributed by atoms with van der Waals surface area (Å²) in [6.07, 6.45) is 0. The zero-order valence-corrected chi connectivity index (χ0v) is 18.9. The minimum Gasteiger partial charge on any atom is -0.465 e. The molecule has 3 rings (SSSR count). The van der Waals surface area contributed by atoms with Gasteiger partial charge in [-0.05, 0) is 49.7 Å². The summed E-state index contributed by atoms with van der Waals surface area (Å²) in [6.45, 7) is 3.26. The van der Waals surface area contributed by atoms with E-state index in [0.717, 1.165) is 19.2 Å². The molecule has 3 aromatic rings. The van der Waals surface area contributed by atoms with Crippen LogP contribution >= 0.6 is 34.8 Å². The van der Waals surface area contributed by atoms with Crippen molar-refractivity contribution in [3.8, 4) is 28.7 Å². The molecule has 0 N–H and O–H groups in total. The van der Waals surface area contributed by atoms with Crippen molar-refractivity contribution in [2.24, 2.45) is 0 Å². The number of benzene rings is 2. The van der Waals surface area contributed by atoms with Gasteiger partial charge in [0.05, 0.1) is 28.4 Å². The molecule has 0 saturated carbocycles. The van der Waals surface area contributed by atoms with Gasteiger partial charge in [-0.25, -0.2) is 9.18 Å². The summed E-state index contributed by atoms with van der Waals surface area (Å²) in [4.78, 5) is 26.2. The van der Waals surface area contributed by atoms with E-state index >= 15 is 0 Å². The Balaban J connectivity index is 2.54. The van der Waals surface area contributed by atoms with E-state index in [-0.39, 0.29) is 26.9 Å². The highest BCUT2D eigenvalue weighted by atomic mass is 35.5. The first-order valence-corrected chi connectivity index (χ1v) is 10.1. The van der Waals surface area contributed by atoms with E-state index in [1.807, 2.05) is 0 Å². The molecule has 8 heteroatoms. The molecular weight excluding hydrogens is 464 g/mol. The molecule has 0 fully saturated rings. The maximum atomic E-state index is 14.0. The zero-order chi connectivity index (χ0) is 22.9. The fourth-order valence-corrected chi connectivity index (χ4v) is 3.79. The van der Waals surface area contributed by atoms with Crippen LogP contribution in [0.5, 0.6) is 0 Å². The van der Waals surface area contributed by atoms with E-state index < -0.39 is 17.3 Å². The van der Waals surface area contributed by atoms with Gasteiger partial charge >= 0.3 is 5.97 Å². The third-order valence-corrected chi connectivity index (χ3v) is 5.52. The van der Waals surface area contributed by atoms with Gasteiger partial charge < -0.3 is 4.74 Å². The van der Waals surface area contributed by atoms with Crippen LogP contribution in [0.4, 0.5) is 4.39 Å². The fourth-order valence-electron chi connectivity index (χ4n) is 3.28. The van der Waals surface area contributed by atoms with Crippen LogP contribution in [0.1, 0.15) is 28.5 Å². The Morgan fingerprint density at radius 1 is 1.10 bits per heavy atom. The van der Waals surface area contributed by atoms with Gasteiger partial charge in [0, 0.05) is 16.3 Å². The molecule has 2 aromatic carbocycles. The summed E-state index contributed by atoms with van der Waals surface area (Å²) in [5.41, 5.74) is 0.630. The second-order valence-electron chi connectivity index (χ2n) is 6.47. The van der Waals surface area contributed by atoms with Crippen LogP contribution in [-0.2, 0) is 4.74 Å². The van der Waals surface area contributed by atoms with Crippen LogP contribution in [0.25, 0.3) is 16.8 Å². The standard InChI is InChI=1S/C23H15Cl3FNO3/c1-4-5-17-12(2)28(16-10-14(24)9-15(27)11-16)22(29)21(23(30)31-3)20(17)13-6-7-18(25)19(26)8-13/h6-11H,1-3H3. The zero-order valence-electron chi connectivity index (χ0n) is 16.6. The molecule has 0 bridgehead atoms. The van der Waals surface area contributed by atoms with Gasteiger partial charge in [0.1, 0.15) is 11.4 Å². The molecule has 0 atom stereocenters. The normalized spacial score (nSPS) is 10.4. The average Bonchev–Trinajstić information content (AvgIpc) is 2.71. The van der Waals surface area contributed by atoms with Crippen LogP contribution in [-0.4, -0.2) is 17.6 Å². The van der Waals surface area contributed by atoms with Crippen molar-refractivity contribution in [2.75, 3.05) is 7.11 Å². The first-order chi connectivity index (χ1) is 14.7. The van der Waals surface area contributed by atoms with Gasteiger partial charge in [-0.15, -0.1) is 5.92 Å². The van der Waals surface area contributed by atoms with E-state index in [9.17, 15) is 14.0 Å². The number of methoxy groups -OCH3 is 1. The smallest absolute Gasteiger partial charge is 0.344 e. The quantitative estimate of drug-likeness (QED) is 0.339. The second-order valence-corrected chi connectivity index (χ2v) is 7.72. The lowest BCUT2D eigenvalue weighted by Gasteiger charge is -2.19. The van der Waals surface area contributed by atoms with E-state index in [2.05, 4.69) is 11.8 Å². The van der Waals surface area contributed by atoms with Crippen LogP contribution in [0, 0.1) is 24.6 Å². The third kappa shape index (κ3) is 4.33. The van der Waals surface area contributed by atoms with Crippen molar-refractivity contribution >= 4 is 40.8 Å². The van der Waals surface area contributed by atoms with Gasteiger partial charge in [-0.3, -0.25) is 9.36 Å². The Morgan fingerprint density at radius 3 is 2.39 bits per heavy atom. The van der Waals surface area contributed by atoms with E-state index in [0.29, 0.717) is 21.8 Å². The Labute approximate surface area is 193 Å². The summed E-state index contributed by atoms with van der Waals surface area (Å²) >= 11 is 18.2. The number of carbonyl (C=O) groups is 1. The SMILES string of the molecule is CC#Cc1c(-c2ccc(Cl)c(Cl)c2)c(C(=O)OC)c(=O)n(-c2cc(F)cc(Cl)c2)c1C. The van der Waals surface area contributed by atoms with Crippen molar-refractivity contribution < 1.29 is 13.9 Å². The summed E-state index contributed by atoms with van der Waals surface area (Å²) in [6, 6.07) is 8.39. The Morgan fingerprint density at radius 2 is 1.81 bits per heavy atom. The van der Waals surface area contributed by atoms with Crippen molar-refractivity contribution in [2.45, 2.75) is 13.8 Å². The highest BCUT2D eigenvalue weighted by molar-refractivity contribution is 6.42. The fraction of sp³-hybridized carbons (Fsp3) is 0.130. The van der Waals surface area contributed by atoms with Gasteiger partial charge in [-0.2, -0.15) is 0 Å². The predicted molar refractivity (Wildman–Crippen MR) is 121 cm³/mol. The number of nitrogens with zero attached hydrogens (tertiary/aromatic N) is 1. The van der Waals surface area contributed by atoms with Crippen molar-refractivity contribution in [1.82, 2.24) is 4.57 Å². The lowest BCUT2D eigenvalue weighted by atomic mass is 9.93. The highest BCUT2D eigenvalue weighted by Gasteiger charge is 2.27. The molecular formula is C23H15Cl3FNO3. The van der Waals surface area contributed by atoms with Crippen molar-refractivity contribution in [3.05, 3.63) is 84.5 Å². The van der Waals surface area contributed by atoms with E-state index in [1.54, 1.807) is 26.0 Å². The first-order valence-electron chi connectivity index (χ1n) is 8.92. The third-order valence-electron chi connectivity index (χ3n) is 4.57. The van der Waals surface area contributed by atoms with Gasteiger partial charge in [0.2, 0.25) is 0 Å². The lowest BCUT2D eigenvalue weighted by molar-refractivity contribution is 0.0599. The largest absolute Gasteiger partial charge is 0.465 e. The molecule has 0 aliphatic heterocycles. The number of halogens is 4. The summed E-state index contributed by atoms with van der Waals surface area (Å²) < 4.78 is 20.1. The molecule has 0 saturated heterocycles. The molecule has 0 radical (unpaired) electrons. The highest BCUT2D eigenvalue weighted by Crippen LogP contribution is 2.34. The van der Waals surface area contributed by atoms with E-state index in [4.69, 9.17) is 39.5 Å². The monoisotopic (exact) mass is 477 g/mol. The molecule has 1 aromatic heterocycles. The van der Waals surface area contributed by atoms with E-state index in [1.165, 1.54) is 16.7 Å². The predicted octanol–water partition coefficient (Wildman–Crippen LogP) is 6.07. The molecule has 158 valence electrons. The van der Waals surface area contributed by atoms with Crippen molar-refractivity contribution in [3.63, 3.8) is 0 Å². The maximum absolute atomic E-state index is 14.0. The number of rotatable bonds is 3. The van der Waals surface area contributed by atoms with Gasteiger partial charge in [0.25, 0.3) is 5.56 Å². The minimum atomic E-state index is -0.874. The molecule has 0 unspecified atom stereocenters. The Kier molecular flexibility index (Phi) is 6.76. The first kappa shape index (κ1) is 22.9. The molecule has 31 heavy (non-hydrogen) atoms. The second kappa shape index (κ2) is 9.15. The topological polar surface area (TPSA) is 48.3 Å². The molecule has 0 spiro atoms. The van der Waals surface area contributed by atoms with Crippen molar-refractivity contribution in [1.29, 1.82) is 0 Å². The molecule has 1 heterocycles. The summed E-state index contributed by atoms with van der Waals surface area (Å²) in [5.74, 6) is 4.22. The minimum absolute atomic E-state index is 0.0950. The number of hydrogen-bond donors (Lipinski definition) is 0.